The second kappa shape index (κ2) is 5.64. The van der Waals surface area contributed by atoms with E-state index in [1.165, 1.54) is 4.90 Å². The molecule has 0 radical (unpaired) electrons. The highest BCUT2D eigenvalue weighted by atomic mass is 16.4. The molecule has 1 fully saturated rings. The van der Waals surface area contributed by atoms with Gasteiger partial charge in [-0.2, -0.15) is 5.10 Å². The van der Waals surface area contributed by atoms with Gasteiger partial charge in [0.25, 0.3) is 5.91 Å². The summed E-state index contributed by atoms with van der Waals surface area (Å²) in [5.74, 6) is -0.805. The van der Waals surface area contributed by atoms with Gasteiger partial charge >= 0.3 is 5.97 Å². The van der Waals surface area contributed by atoms with Crippen molar-refractivity contribution < 1.29 is 14.7 Å². The molecule has 2 unspecified atom stereocenters. The number of amides is 1. The normalized spacial score (nSPS) is 22.9. The van der Waals surface area contributed by atoms with Crippen LogP contribution in [0.3, 0.4) is 0 Å². The van der Waals surface area contributed by atoms with Crippen LogP contribution in [0.2, 0.25) is 0 Å². The molecule has 1 saturated heterocycles. The second-order valence-electron chi connectivity index (χ2n) is 5.50. The molecular weight excluding hydrogens is 258 g/mol. The quantitative estimate of drug-likeness (QED) is 0.905. The fourth-order valence-corrected chi connectivity index (χ4v) is 2.75. The van der Waals surface area contributed by atoms with Crippen LogP contribution in [-0.4, -0.2) is 44.3 Å². The van der Waals surface area contributed by atoms with Crippen molar-refractivity contribution in [2.75, 3.05) is 6.54 Å². The lowest BCUT2D eigenvalue weighted by Crippen LogP contribution is -2.49. The largest absolute Gasteiger partial charge is 0.480 e. The molecule has 2 atom stereocenters. The topological polar surface area (TPSA) is 75.4 Å². The predicted molar refractivity (Wildman–Crippen MR) is 73.4 cm³/mol. The van der Waals surface area contributed by atoms with Crippen molar-refractivity contribution in [1.29, 1.82) is 0 Å². The molecule has 1 aromatic heterocycles. The minimum Gasteiger partial charge on any atom is -0.480 e. The van der Waals surface area contributed by atoms with Gasteiger partial charge in [-0.1, -0.05) is 13.8 Å². The Morgan fingerprint density at radius 1 is 1.50 bits per heavy atom. The third kappa shape index (κ3) is 2.69. The van der Waals surface area contributed by atoms with Gasteiger partial charge < -0.3 is 10.0 Å². The number of piperidine rings is 1. The summed E-state index contributed by atoms with van der Waals surface area (Å²) in [6, 6.07) is -0.726. The second-order valence-corrected chi connectivity index (χ2v) is 5.50. The average molecular weight is 279 g/mol. The summed E-state index contributed by atoms with van der Waals surface area (Å²) < 4.78 is 1.61. The summed E-state index contributed by atoms with van der Waals surface area (Å²) in [6.45, 7) is 4.46. The highest BCUT2D eigenvalue weighted by molar-refractivity contribution is 5.97. The third-order valence-corrected chi connectivity index (χ3v) is 3.88. The van der Waals surface area contributed by atoms with Gasteiger partial charge in [0.05, 0.1) is 11.3 Å². The molecule has 2 rings (SSSR count). The fourth-order valence-electron chi connectivity index (χ4n) is 2.75. The van der Waals surface area contributed by atoms with Crippen LogP contribution in [0.25, 0.3) is 0 Å². The number of aromatic nitrogens is 2. The molecule has 0 spiro atoms. The van der Waals surface area contributed by atoms with E-state index in [9.17, 15) is 14.7 Å². The number of nitrogens with zero attached hydrogens (tertiary/aromatic N) is 3. The first-order chi connectivity index (χ1) is 9.43. The number of hydrogen-bond acceptors (Lipinski definition) is 3. The van der Waals surface area contributed by atoms with Crippen molar-refractivity contribution in [1.82, 2.24) is 14.7 Å². The van der Waals surface area contributed by atoms with Crippen molar-refractivity contribution in [2.24, 2.45) is 13.0 Å². The lowest BCUT2D eigenvalue weighted by atomic mass is 9.92. The Balaban J connectivity index is 2.28. The average Bonchev–Trinajstić information content (AvgIpc) is 2.79. The Bertz CT molecular complexity index is 524. The van der Waals surface area contributed by atoms with Crippen LogP contribution in [0, 0.1) is 5.92 Å². The lowest BCUT2D eigenvalue weighted by Gasteiger charge is -2.35. The fraction of sp³-hybridized carbons (Fsp3) is 0.643. The van der Waals surface area contributed by atoms with E-state index in [-0.39, 0.29) is 5.91 Å². The third-order valence-electron chi connectivity index (χ3n) is 3.88. The Morgan fingerprint density at radius 3 is 2.80 bits per heavy atom. The maximum atomic E-state index is 12.6. The molecule has 0 saturated carbocycles. The predicted octanol–water partition coefficient (Wildman–Crippen LogP) is 1.31. The van der Waals surface area contributed by atoms with Gasteiger partial charge in [-0.05, 0) is 25.2 Å². The minimum absolute atomic E-state index is 0.214. The smallest absolute Gasteiger partial charge is 0.326 e. The lowest BCUT2D eigenvalue weighted by molar-refractivity contribution is -0.144. The van der Waals surface area contributed by atoms with E-state index in [0.29, 0.717) is 30.9 Å². The monoisotopic (exact) mass is 279 g/mol. The van der Waals surface area contributed by atoms with Gasteiger partial charge in [-0.3, -0.25) is 9.48 Å². The number of aliphatic carboxylic acids is 1. The molecule has 6 nitrogen and oxygen atoms in total. The van der Waals surface area contributed by atoms with Gasteiger partial charge in [0.2, 0.25) is 0 Å². The van der Waals surface area contributed by atoms with Crippen LogP contribution in [0.5, 0.6) is 0 Å². The van der Waals surface area contributed by atoms with Gasteiger partial charge in [0, 0.05) is 19.8 Å². The zero-order valence-electron chi connectivity index (χ0n) is 12.2. The number of likely N-dealkylation sites (tertiary alicyclic amines) is 1. The molecule has 0 aliphatic carbocycles. The molecule has 6 heteroatoms. The first-order valence-corrected chi connectivity index (χ1v) is 7.00. The van der Waals surface area contributed by atoms with Gasteiger partial charge in [0.1, 0.15) is 6.04 Å². The summed E-state index contributed by atoms with van der Waals surface area (Å²) >= 11 is 0. The zero-order valence-corrected chi connectivity index (χ0v) is 12.2. The standard InChI is InChI=1S/C14H21N3O3/c1-4-11-10(8-16(3)15-11)13(18)17-6-5-9(2)7-12(17)14(19)20/h8-9,12H,4-7H2,1-3H3,(H,19,20). The maximum absolute atomic E-state index is 12.6. The Hall–Kier alpha value is -1.85. The number of aryl methyl sites for hydroxylation is 2. The summed E-state index contributed by atoms with van der Waals surface area (Å²) in [5.41, 5.74) is 1.25. The van der Waals surface area contributed by atoms with Crippen LogP contribution in [0.1, 0.15) is 42.7 Å². The number of rotatable bonds is 3. The van der Waals surface area contributed by atoms with E-state index in [1.54, 1.807) is 17.9 Å². The van der Waals surface area contributed by atoms with Crippen molar-refractivity contribution in [3.05, 3.63) is 17.5 Å². The van der Waals surface area contributed by atoms with E-state index < -0.39 is 12.0 Å². The molecule has 1 aliphatic heterocycles. The highest BCUT2D eigenvalue weighted by Gasteiger charge is 2.36. The SMILES string of the molecule is CCc1nn(C)cc1C(=O)N1CCC(C)CC1C(=O)O. The van der Waals surface area contributed by atoms with Crippen molar-refractivity contribution in [3.63, 3.8) is 0 Å². The number of hydrogen-bond donors (Lipinski definition) is 1. The molecule has 20 heavy (non-hydrogen) atoms. The van der Waals surface area contributed by atoms with Crippen molar-refractivity contribution in [3.8, 4) is 0 Å². The van der Waals surface area contributed by atoms with Crippen LogP contribution in [0.15, 0.2) is 6.20 Å². The maximum Gasteiger partial charge on any atom is 0.326 e. The van der Waals surface area contributed by atoms with Gasteiger partial charge in [0.15, 0.2) is 0 Å². The molecule has 1 amide bonds. The summed E-state index contributed by atoms with van der Waals surface area (Å²) in [4.78, 5) is 25.5. The summed E-state index contributed by atoms with van der Waals surface area (Å²) in [6.07, 6.45) is 3.70. The van der Waals surface area contributed by atoms with Crippen LogP contribution in [0.4, 0.5) is 0 Å². The molecule has 0 aromatic carbocycles. The first-order valence-electron chi connectivity index (χ1n) is 7.00. The minimum atomic E-state index is -0.924. The van der Waals surface area contributed by atoms with Crippen LogP contribution < -0.4 is 0 Å². The van der Waals surface area contributed by atoms with Gasteiger partial charge in [-0.25, -0.2) is 4.79 Å². The van der Waals surface area contributed by atoms with E-state index in [2.05, 4.69) is 5.10 Å². The van der Waals surface area contributed by atoms with Crippen molar-refractivity contribution >= 4 is 11.9 Å². The van der Waals surface area contributed by atoms with E-state index in [1.807, 2.05) is 13.8 Å². The Labute approximate surface area is 118 Å². The summed E-state index contributed by atoms with van der Waals surface area (Å²) in [7, 11) is 1.77. The van der Waals surface area contributed by atoms with E-state index in [4.69, 9.17) is 0 Å². The zero-order chi connectivity index (χ0) is 14.9. The molecule has 1 aromatic rings. The van der Waals surface area contributed by atoms with Crippen LogP contribution >= 0.6 is 0 Å². The molecular formula is C14H21N3O3. The Morgan fingerprint density at radius 2 is 2.20 bits per heavy atom. The Kier molecular flexibility index (Phi) is 4.11. The summed E-state index contributed by atoms with van der Waals surface area (Å²) in [5, 5.41) is 13.6. The number of carbonyl (C=O) groups is 2. The molecule has 1 N–H and O–H groups in total. The first kappa shape index (κ1) is 14.6. The van der Waals surface area contributed by atoms with Crippen LogP contribution in [-0.2, 0) is 18.3 Å². The molecule has 1 aliphatic rings. The molecule has 0 bridgehead atoms. The highest BCUT2D eigenvalue weighted by Crippen LogP contribution is 2.25. The number of carboxylic acids is 1. The number of carboxylic acid groups (broad SMARTS) is 1. The molecule has 2 heterocycles. The van der Waals surface area contributed by atoms with Gasteiger partial charge in [-0.15, -0.1) is 0 Å². The van der Waals surface area contributed by atoms with Crippen molar-refractivity contribution in [2.45, 2.75) is 39.2 Å². The van der Waals surface area contributed by atoms with E-state index >= 15 is 0 Å². The van der Waals surface area contributed by atoms with E-state index in [0.717, 1.165) is 12.1 Å². The molecule has 110 valence electrons. The number of carbonyl (C=O) groups excluding carboxylic acids is 1.